The van der Waals surface area contributed by atoms with Crippen LogP contribution in [0, 0.1) is 0 Å². The van der Waals surface area contributed by atoms with E-state index in [1.54, 1.807) is 13.8 Å². The predicted octanol–water partition coefficient (Wildman–Crippen LogP) is 4.16. The Morgan fingerprint density at radius 1 is 0.762 bits per heavy atom. The Morgan fingerprint density at radius 3 is 1.48 bits per heavy atom. The van der Waals surface area contributed by atoms with E-state index in [0.29, 0.717) is 0 Å². The molecule has 0 radical (unpaired) electrons. The van der Waals surface area contributed by atoms with Gasteiger partial charge in [0.05, 0.1) is 0 Å². The van der Waals surface area contributed by atoms with Gasteiger partial charge in [-0.05, 0) is 0 Å². The summed E-state index contributed by atoms with van der Waals surface area (Å²) in [5.41, 5.74) is 0. The molecule has 0 heterocycles. The summed E-state index contributed by atoms with van der Waals surface area (Å²) in [4.78, 5) is 32.9. The van der Waals surface area contributed by atoms with Crippen molar-refractivity contribution in [2.24, 2.45) is 0 Å². The van der Waals surface area contributed by atoms with Crippen LogP contribution in [-0.4, -0.2) is 37.1 Å². The van der Waals surface area contributed by atoms with Crippen molar-refractivity contribution in [3.05, 3.63) is 0 Å². The molecule has 0 rings (SSSR count). The fraction of sp³-hybridized carbons (Fsp3) is 0.812. The normalized spacial score (nSPS) is 10.5. The monoisotopic (exact) mass is 408 g/mol. The van der Waals surface area contributed by atoms with Crippen LogP contribution in [0.3, 0.4) is 0 Å². The molecule has 0 aromatic rings. The molecular formula is C16H32O4Sn. The molecule has 0 spiro atoms. The number of rotatable bonds is 10. The molecule has 0 fully saturated rings. The molecule has 0 aliphatic rings. The molecule has 1 N–H and O–H groups in total. The van der Waals surface area contributed by atoms with Gasteiger partial charge in [-0.2, -0.15) is 0 Å². The minimum absolute atomic E-state index is 0.275. The van der Waals surface area contributed by atoms with Gasteiger partial charge < -0.3 is 5.11 Å². The first kappa shape index (κ1) is 22.9. The second-order valence-electron chi connectivity index (χ2n) is 5.63. The average molecular weight is 407 g/mol. The molecule has 0 atom stereocenters. The molecule has 4 nitrogen and oxygen atoms in total. The van der Waals surface area contributed by atoms with E-state index in [0.717, 1.165) is 35.1 Å². The summed E-state index contributed by atoms with van der Waals surface area (Å²) in [5.74, 6) is -0.833. The molecule has 0 saturated heterocycles. The van der Waals surface area contributed by atoms with Crippen molar-refractivity contribution < 1.29 is 19.5 Å². The Labute approximate surface area is 133 Å². The first-order valence-electron chi connectivity index (χ1n) is 7.96. The van der Waals surface area contributed by atoms with Crippen LogP contribution in [0.15, 0.2) is 0 Å². The van der Waals surface area contributed by atoms with Crippen molar-refractivity contribution in [3.63, 3.8) is 0 Å². The van der Waals surface area contributed by atoms with Crippen molar-refractivity contribution in [2.75, 3.05) is 0 Å². The van der Waals surface area contributed by atoms with Crippen molar-refractivity contribution in [3.8, 4) is 0 Å². The molecule has 0 aromatic heterocycles. The first-order valence-corrected chi connectivity index (χ1v) is 14.8. The third-order valence-electron chi connectivity index (χ3n) is 3.76. The zero-order valence-corrected chi connectivity index (χ0v) is 17.2. The third-order valence-corrected chi connectivity index (χ3v) is 18.3. The van der Waals surface area contributed by atoms with E-state index in [9.17, 15) is 9.59 Å². The standard InChI is InChI=1S/C6H13.C4H9.C2H4O2.2C2H3O.Sn/c1-3-5-6-4-2;1-3-4-2;1-2(3)4;2*1-2-3;/h1,3-6H2,2H3;1,3-4H2,2H3;1H3,(H,3,4);2*1H3;. The van der Waals surface area contributed by atoms with Crippen LogP contribution in [0.25, 0.3) is 0 Å². The molecule has 0 bridgehead atoms. The quantitative estimate of drug-likeness (QED) is 0.436. The van der Waals surface area contributed by atoms with Gasteiger partial charge in [-0.15, -0.1) is 0 Å². The zero-order chi connectivity index (χ0) is 16.9. The van der Waals surface area contributed by atoms with Gasteiger partial charge in [-0.1, -0.05) is 0 Å². The molecule has 0 aliphatic carbocycles. The van der Waals surface area contributed by atoms with Gasteiger partial charge in [0.2, 0.25) is 0 Å². The molecule has 0 amide bonds. The Balaban J connectivity index is 0. The van der Waals surface area contributed by atoms with Crippen molar-refractivity contribution >= 4 is 31.9 Å². The van der Waals surface area contributed by atoms with E-state index in [1.165, 1.54) is 19.3 Å². The summed E-state index contributed by atoms with van der Waals surface area (Å²) in [7, 11) is 0. The van der Waals surface area contributed by atoms with Gasteiger partial charge in [0.1, 0.15) is 0 Å². The molecule has 5 heteroatoms. The molecule has 0 saturated carbocycles. The van der Waals surface area contributed by atoms with Crippen LogP contribution in [-0.2, 0) is 14.4 Å². The van der Waals surface area contributed by atoms with Crippen LogP contribution >= 0.6 is 0 Å². The van der Waals surface area contributed by atoms with Gasteiger partial charge in [-0.3, -0.25) is 4.79 Å². The Hall–Kier alpha value is -0.391. The van der Waals surface area contributed by atoms with E-state index in [1.807, 2.05) is 0 Å². The number of carboxylic acid groups (broad SMARTS) is 1. The molecule has 124 valence electrons. The van der Waals surface area contributed by atoms with Crippen LogP contribution in [0.5, 0.6) is 0 Å². The number of hydrogen-bond acceptors (Lipinski definition) is 3. The number of carbonyl (C=O) groups excluding carboxylic acids is 2. The second-order valence-corrected chi connectivity index (χ2v) is 18.7. The number of unbranched alkanes of at least 4 members (excludes halogenated alkanes) is 4. The van der Waals surface area contributed by atoms with Gasteiger partial charge in [0.15, 0.2) is 0 Å². The maximum absolute atomic E-state index is 11.9. The molecule has 0 aliphatic heterocycles. The first-order chi connectivity index (χ1) is 9.74. The molecule has 21 heavy (non-hydrogen) atoms. The number of carboxylic acids is 1. The van der Waals surface area contributed by atoms with Crippen LogP contribution in [0.1, 0.15) is 73.1 Å². The van der Waals surface area contributed by atoms with E-state index in [4.69, 9.17) is 9.90 Å². The summed E-state index contributed by atoms with van der Waals surface area (Å²) < 4.78 is 2.45. The number of aliphatic carboxylic acids is 1. The SMILES string of the molecule is CC(=O)O.CCCCC[CH2][Sn]([CH2]CCC)([C](C)=O)[C](C)=O. The van der Waals surface area contributed by atoms with E-state index >= 15 is 0 Å². The van der Waals surface area contributed by atoms with Crippen molar-refractivity contribution in [1.82, 2.24) is 0 Å². The summed E-state index contributed by atoms with van der Waals surface area (Å²) in [6.45, 7) is 8.75. The van der Waals surface area contributed by atoms with E-state index < -0.39 is 24.3 Å². The van der Waals surface area contributed by atoms with E-state index in [2.05, 4.69) is 13.8 Å². The Bertz CT molecular complexity index is 308. The van der Waals surface area contributed by atoms with Gasteiger partial charge in [-0.25, -0.2) is 0 Å². The Morgan fingerprint density at radius 2 is 1.14 bits per heavy atom. The van der Waals surface area contributed by atoms with Crippen molar-refractivity contribution in [1.29, 1.82) is 0 Å². The summed E-state index contributed by atoms with van der Waals surface area (Å²) in [5, 5.41) is 7.42. The van der Waals surface area contributed by atoms with Crippen LogP contribution < -0.4 is 0 Å². The average Bonchev–Trinajstić information content (AvgIpc) is 2.36. The zero-order valence-electron chi connectivity index (χ0n) is 14.3. The predicted molar refractivity (Wildman–Crippen MR) is 89.1 cm³/mol. The summed E-state index contributed by atoms with van der Waals surface area (Å²) in [6, 6.07) is 0. The molecule has 0 unspecified atom stereocenters. The van der Waals surface area contributed by atoms with Crippen LogP contribution in [0.2, 0.25) is 8.87 Å². The maximum atomic E-state index is 11.9. The van der Waals surface area contributed by atoms with Gasteiger partial charge >= 0.3 is 111 Å². The van der Waals surface area contributed by atoms with Gasteiger partial charge in [0.25, 0.3) is 5.97 Å². The van der Waals surface area contributed by atoms with Gasteiger partial charge in [0, 0.05) is 6.92 Å². The topological polar surface area (TPSA) is 71.4 Å². The minimum atomic E-state index is -3.13. The molecule has 0 aromatic carbocycles. The number of hydrogen-bond donors (Lipinski definition) is 1. The number of carbonyl (C=O) groups is 3. The third kappa shape index (κ3) is 10.9. The Kier molecular flexibility index (Phi) is 14.5. The second kappa shape index (κ2) is 13.3. The fourth-order valence-electron chi connectivity index (χ4n) is 2.41. The van der Waals surface area contributed by atoms with E-state index in [-0.39, 0.29) is 7.60 Å². The summed E-state index contributed by atoms with van der Waals surface area (Å²) >= 11 is -3.13. The fourth-order valence-corrected chi connectivity index (χ4v) is 13.7. The van der Waals surface area contributed by atoms with Crippen molar-refractivity contribution in [2.45, 2.75) is 82.0 Å². The summed E-state index contributed by atoms with van der Waals surface area (Å²) in [6.07, 6.45) is 6.86. The molecular weight excluding hydrogens is 375 g/mol. The van der Waals surface area contributed by atoms with Crippen LogP contribution in [0.4, 0.5) is 0 Å².